The first-order chi connectivity index (χ1) is 7.04. The van der Waals surface area contributed by atoms with Crippen LogP contribution in [0.1, 0.15) is 5.56 Å². The van der Waals surface area contributed by atoms with Crippen LogP contribution in [-0.2, 0) is 6.18 Å². The van der Waals surface area contributed by atoms with Gasteiger partial charge in [-0.15, -0.1) is 0 Å². The third-order valence-electron chi connectivity index (χ3n) is 2.29. The van der Waals surface area contributed by atoms with Crippen molar-refractivity contribution in [3.8, 4) is 5.75 Å². The van der Waals surface area contributed by atoms with Gasteiger partial charge in [0.25, 0.3) is 0 Å². The zero-order chi connectivity index (χ0) is 11.1. The number of rotatable bonds is 2. The first-order valence-corrected chi connectivity index (χ1v) is 4.53. The number of anilines is 1. The van der Waals surface area contributed by atoms with Gasteiger partial charge >= 0.3 is 6.18 Å². The Morgan fingerprint density at radius 2 is 1.93 bits per heavy atom. The molecule has 1 aliphatic rings. The lowest BCUT2D eigenvalue weighted by Gasteiger charge is -2.16. The normalized spacial score (nSPS) is 15.3. The van der Waals surface area contributed by atoms with Gasteiger partial charge in [0.05, 0.1) is 18.4 Å². The molecular formula is C10H10F3NO. The molecule has 2 rings (SSSR count). The van der Waals surface area contributed by atoms with E-state index < -0.39 is 11.7 Å². The molecule has 0 amide bonds. The number of methoxy groups -OCH3 is 1. The summed E-state index contributed by atoms with van der Waals surface area (Å²) in [5.74, 6) is 0.280. The van der Waals surface area contributed by atoms with Crippen LogP contribution in [0.5, 0.6) is 5.75 Å². The lowest BCUT2D eigenvalue weighted by atomic mass is 10.1. The van der Waals surface area contributed by atoms with E-state index in [4.69, 9.17) is 4.74 Å². The Balaban J connectivity index is 2.53. The summed E-state index contributed by atoms with van der Waals surface area (Å²) in [6.07, 6.45) is -4.33. The van der Waals surface area contributed by atoms with Crippen molar-refractivity contribution in [2.45, 2.75) is 6.18 Å². The number of nitrogens with zero attached hydrogens (tertiary/aromatic N) is 1. The molecule has 1 saturated heterocycles. The molecule has 0 atom stereocenters. The van der Waals surface area contributed by atoms with E-state index in [2.05, 4.69) is 0 Å². The summed E-state index contributed by atoms with van der Waals surface area (Å²) in [6.45, 7) is 1.31. The SMILES string of the molecule is COc1cccc(C(F)(F)F)c1N1CC1. The number of hydrogen-bond acceptors (Lipinski definition) is 2. The summed E-state index contributed by atoms with van der Waals surface area (Å²) < 4.78 is 43.0. The van der Waals surface area contributed by atoms with Gasteiger partial charge in [-0.25, -0.2) is 0 Å². The lowest BCUT2D eigenvalue weighted by Crippen LogP contribution is -2.10. The molecule has 0 N–H and O–H groups in total. The van der Waals surface area contributed by atoms with Crippen molar-refractivity contribution in [2.75, 3.05) is 25.1 Å². The molecule has 1 heterocycles. The Morgan fingerprint density at radius 3 is 2.40 bits per heavy atom. The minimum Gasteiger partial charge on any atom is -0.495 e. The predicted molar refractivity (Wildman–Crippen MR) is 50.2 cm³/mol. The van der Waals surface area contributed by atoms with E-state index in [1.807, 2.05) is 0 Å². The van der Waals surface area contributed by atoms with Crippen LogP contribution in [0.4, 0.5) is 18.9 Å². The fourth-order valence-electron chi connectivity index (χ4n) is 1.52. The van der Waals surface area contributed by atoms with Crippen molar-refractivity contribution in [3.05, 3.63) is 23.8 Å². The molecule has 1 aliphatic heterocycles. The highest BCUT2D eigenvalue weighted by molar-refractivity contribution is 5.67. The summed E-state index contributed by atoms with van der Waals surface area (Å²) in [5.41, 5.74) is -0.466. The third kappa shape index (κ3) is 1.86. The Morgan fingerprint density at radius 1 is 1.27 bits per heavy atom. The minimum atomic E-state index is -4.33. The van der Waals surface area contributed by atoms with Crippen LogP contribution in [-0.4, -0.2) is 20.2 Å². The molecule has 1 fully saturated rings. The molecule has 2 nitrogen and oxygen atoms in total. The van der Waals surface area contributed by atoms with Crippen LogP contribution in [0.15, 0.2) is 18.2 Å². The maximum absolute atomic E-state index is 12.7. The molecule has 0 bridgehead atoms. The topological polar surface area (TPSA) is 12.2 Å². The van der Waals surface area contributed by atoms with Gasteiger partial charge in [-0.1, -0.05) is 6.07 Å². The van der Waals surface area contributed by atoms with Crippen LogP contribution in [0.2, 0.25) is 0 Å². The Bertz CT molecular complexity index is 371. The second-order valence-electron chi connectivity index (χ2n) is 3.34. The van der Waals surface area contributed by atoms with Gasteiger partial charge in [-0.3, -0.25) is 0 Å². The summed E-state index contributed by atoms with van der Waals surface area (Å²) >= 11 is 0. The van der Waals surface area contributed by atoms with Crippen molar-refractivity contribution in [1.29, 1.82) is 0 Å². The van der Waals surface area contributed by atoms with Gasteiger partial charge in [0.2, 0.25) is 0 Å². The van der Waals surface area contributed by atoms with Crippen LogP contribution in [0, 0.1) is 0 Å². The number of alkyl halides is 3. The molecule has 1 aromatic rings. The van der Waals surface area contributed by atoms with Crippen LogP contribution >= 0.6 is 0 Å². The molecule has 82 valence electrons. The predicted octanol–water partition coefficient (Wildman–Crippen LogP) is 2.53. The molecule has 5 heteroatoms. The number of ether oxygens (including phenoxy) is 1. The van der Waals surface area contributed by atoms with Crippen molar-refractivity contribution < 1.29 is 17.9 Å². The number of benzene rings is 1. The highest BCUT2D eigenvalue weighted by Gasteiger charge is 2.38. The summed E-state index contributed by atoms with van der Waals surface area (Å²) in [5, 5.41) is 0. The van der Waals surface area contributed by atoms with E-state index in [9.17, 15) is 13.2 Å². The highest BCUT2D eigenvalue weighted by Crippen LogP contribution is 2.43. The third-order valence-corrected chi connectivity index (χ3v) is 2.29. The minimum absolute atomic E-state index is 0.160. The van der Waals surface area contributed by atoms with Crippen LogP contribution < -0.4 is 9.64 Å². The summed E-state index contributed by atoms with van der Waals surface area (Å²) in [7, 11) is 1.38. The van der Waals surface area contributed by atoms with Gasteiger partial charge < -0.3 is 9.64 Å². The van der Waals surface area contributed by atoms with Crippen LogP contribution in [0.3, 0.4) is 0 Å². The maximum atomic E-state index is 12.7. The fourth-order valence-corrected chi connectivity index (χ4v) is 1.52. The van der Waals surface area contributed by atoms with Gasteiger partial charge in [0.1, 0.15) is 5.75 Å². The van der Waals surface area contributed by atoms with E-state index in [1.54, 1.807) is 11.0 Å². The molecule has 0 saturated carbocycles. The summed E-state index contributed by atoms with van der Waals surface area (Å²) in [6, 6.07) is 3.98. The lowest BCUT2D eigenvalue weighted by molar-refractivity contribution is -0.137. The first-order valence-electron chi connectivity index (χ1n) is 4.53. The Hall–Kier alpha value is -1.39. The molecule has 0 spiro atoms. The number of hydrogen-bond donors (Lipinski definition) is 0. The average molecular weight is 217 g/mol. The second kappa shape index (κ2) is 3.32. The fraction of sp³-hybridized carbons (Fsp3) is 0.400. The zero-order valence-corrected chi connectivity index (χ0v) is 8.14. The molecule has 0 aromatic heterocycles. The summed E-state index contributed by atoms with van der Waals surface area (Å²) in [4.78, 5) is 1.64. The van der Waals surface area contributed by atoms with Gasteiger partial charge in [0, 0.05) is 13.1 Å². The maximum Gasteiger partial charge on any atom is 0.418 e. The number of para-hydroxylation sites is 1. The smallest absolute Gasteiger partial charge is 0.418 e. The molecular weight excluding hydrogens is 207 g/mol. The largest absolute Gasteiger partial charge is 0.495 e. The second-order valence-corrected chi connectivity index (χ2v) is 3.34. The van der Waals surface area contributed by atoms with Gasteiger partial charge in [-0.2, -0.15) is 13.2 Å². The van der Waals surface area contributed by atoms with Gasteiger partial charge in [0.15, 0.2) is 0 Å². The Labute approximate surface area is 85.3 Å². The van der Waals surface area contributed by atoms with E-state index in [0.717, 1.165) is 6.07 Å². The van der Waals surface area contributed by atoms with Gasteiger partial charge in [-0.05, 0) is 12.1 Å². The Kier molecular flexibility index (Phi) is 2.25. The molecule has 1 aromatic carbocycles. The first kappa shape index (κ1) is 10.1. The molecule has 0 aliphatic carbocycles. The van der Waals surface area contributed by atoms with E-state index in [-0.39, 0.29) is 11.4 Å². The standard InChI is InChI=1S/C10H10F3NO/c1-15-8-4-2-3-7(10(11,12)13)9(8)14-5-6-14/h2-4H,5-6H2,1H3. The highest BCUT2D eigenvalue weighted by atomic mass is 19.4. The molecule has 0 unspecified atom stereocenters. The van der Waals surface area contributed by atoms with Crippen molar-refractivity contribution in [2.24, 2.45) is 0 Å². The van der Waals surface area contributed by atoms with E-state index in [0.29, 0.717) is 13.1 Å². The average Bonchev–Trinajstić information content (AvgIpc) is 2.98. The number of halogens is 3. The van der Waals surface area contributed by atoms with Crippen molar-refractivity contribution >= 4 is 5.69 Å². The molecule has 15 heavy (non-hydrogen) atoms. The monoisotopic (exact) mass is 217 g/mol. The van der Waals surface area contributed by atoms with Crippen LogP contribution in [0.25, 0.3) is 0 Å². The van der Waals surface area contributed by atoms with Crippen molar-refractivity contribution in [3.63, 3.8) is 0 Å². The van der Waals surface area contributed by atoms with Crippen molar-refractivity contribution in [1.82, 2.24) is 0 Å². The van der Waals surface area contributed by atoms with E-state index >= 15 is 0 Å². The molecule has 0 radical (unpaired) electrons. The zero-order valence-electron chi connectivity index (χ0n) is 8.14. The quantitative estimate of drug-likeness (QED) is 0.706. The van der Waals surface area contributed by atoms with E-state index in [1.165, 1.54) is 13.2 Å².